The Morgan fingerprint density at radius 2 is 2.11 bits per heavy atom. The van der Waals surface area contributed by atoms with Gasteiger partial charge in [0.15, 0.2) is 0 Å². The summed E-state index contributed by atoms with van der Waals surface area (Å²) in [5.74, 6) is -0.122. The molecule has 0 amide bonds. The van der Waals surface area contributed by atoms with Crippen LogP contribution in [0, 0.1) is 5.82 Å². The fourth-order valence-electron chi connectivity index (χ4n) is 1.78. The molecule has 0 bridgehead atoms. The van der Waals surface area contributed by atoms with E-state index in [9.17, 15) is 4.39 Å². The van der Waals surface area contributed by atoms with Gasteiger partial charge in [0.25, 0.3) is 0 Å². The summed E-state index contributed by atoms with van der Waals surface area (Å²) in [6, 6.07) is 9.24. The third-order valence-electron chi connectivity index (χ3n) is 2.79. The molecule has 2 rings (SSSR count). The van der Waals surface area contributed by atoms with Crippen LogP contribution in [0.25, 0.3) is 0 Å². The lowest BCUT2D eigenvalue weighted by Gasteiger charge is -2.14. The Bertz CT molecular complexity index is 512. The molecule has 1 heterocycles. The minimum atomic E-state index is -0.122. The zero-order chi connectivity index (χ0) is 13.0. The van der Waals surface area contributed by atoms with Crippen molar-refractivity contribution < 1.29 is 4.39 Å². The van der Waals surface area contributed by atoms with E-state index in [1.165, 1.54) is 10.9 Å². The Morgan fingerprint density at radius 3 is 2.78 bits per heavy atom. The van der Waals surface area contributed by atoms with Crippen LogP contribution in [0.4, 0.5) is 4.39 Å². The van der Waals surface area contributed by atoms with Crippen LogP contribution in [0.5, 0.6) is 0 Å². The maximum Gasteiger partial charge on any atom is 0.126 e. The van der Waals surface area contributed by atoms with Crippen molar-refractivity contribution >= 4 is 27.3 Å². The van der Waals surface area contributed by atoms with Crippen LogP contribution < -0.4 is 5.32 Å². The summed E-state index contributed by atoms with van der Waals surface area (Å²) in [6.45, 7) is 2.89. The van der Waals surface area contributed by atoms with E-state index in [2.05, 4.69) is 33.6 Å². The number of hydrogen-bond acceptors (Lipinski definition) is 2. The average Bonchev–Trinajstić information content (AvgIpc) is 2.75. The molecular weight excluding hydrogens is 313 g/mol. The molecule has 18 heavy (non-hydrogen) atoms. The zero-order valence-corrected chi connectivity index (χ0v) is 12.5. The van der Waals surface area contributed by atoms with Crippen LogP contribution >= 0.6 is 27.3 Å². The molecule has 0 saturated carbocycles. The molecule has 0 saturated heterocycles. The molecule has 0 aliphatic heterocycles. The molecule has 1 unspecified atom stereocenters. The second-order valence-corrected chi connectivity index (χ2v) is 6.12. The number of thiophene rings is 1. The standard InChI is InChI=1S/C14H15BrFNS/c1-10(8-11-4-2-3-5-13(11)16)17-9-14-12(15)6-7-18-14/h2-7,10,17H,8-9H2,1H3. The predicted molar refractivity (Wildman–Crippen MR) is 78.4 cm³/mol. The van der Waals surface area contributed by atoms with Gasteiger partial charge in [0.2, 0.25) is 0 Å². The van der Waals surface area contributed by atoms with Gasteiger partial charge in [-0.15, -0.1) is 11.3 Å². The molecule has 1 nitrogen and oxygen atoms in total. The van der Waals surface area contributed by atoms with E-state index in [4.69, 9.17) is 0 Å². The van der Waals surface area contributed by atoms with Gasteiger partial charge < -0.3 is 5.32 Å². The second kappa shape index (κ2) is 6.45. The van der Waals surface area contributed by atoms with Gasteiger partial charge in [-0.05, 0) is 52.4 Å². The summed E-state index contributed by atoms with van der Waals surface area (Å²) in [5, 5.41) is 5.47. The summed E-state index contributed by atoms with van der Waals surface area (Å²) in [6.07, 6.45) is 0.704. The van der Waals surface area contributed by atoms with E-state index in [1.807, 2.05) is 18.2 Å². The molecule has 1 aromatic carbocycles. The van der Waals surface area contributed by atoms with Gasteiger partial charge in [-0.25, -0.2) is 4.39 Å². The minimum absolute atomic E-state index is 0.122. The van der Waals surface area contributed by atoms with E-state index in [0.29, 0.717) is 6.42 Å². The maximum atomic E-state index is 13.5. The molecule has 0 aliphatic rings. The van der Waals surface area contributed by atoms with E-state index >= 15 is 0 Å². The van der Waals surface area contributed by atoms with Crippen molar-refractivity contribution in [1.29, 1.82) is 0 Å². The van der Waals surface area contributed by atoms with Crippen LogP contribution in [0.15, 0.2) is 40.2 Å². The SMILES string of the molecule is CC(Cc1ccccc1F)NCc1sccc1Br. The van der Waals surface area contributed by atoms with Gasteiger partial charge in [0.1, 0.15) is 5.82 Å². The van der Waals surface area contributed by atoms with Crippen LogP contribution in [-0.4, -0.2) is 6.04 Å². The quantitative estimate of drug-likeness (QED) is 0.859. The van der Waals surface area contributed by atoms with Gasteiger partial charge in [-0.3, -0.25) is 0 Å². The third kappa shape index (κ3) is 3.64. The Kier molecular flexibility index (Phi) is 4.92. The summed E-state index contributed by atoms with van der Waals surface area (Å²) in [4.78, 5) is 1.27. The van der Waals surface area contributed by atoms with Crippen LogP contribution in [0.3, 0.4) is 0 Å². The first-order valence-electron chi connectivity index (χ1n) is 5.85. The van der Waals surface area contributed by atoms with Crippen LogP contribution in [0.2, 0.25) is 0 Å². The first-order chi connectivity index (χ1) is 8.66. The molecule has 0 radical (unpaired) electrons. The first-order valence-corrected chi connectivity index (χ1v) is 7.52. The highest BCUT2D eigenvalue weighted by Crippen LogP contribution is 2.22. The Hall–Kier alpha value is -0.710. The lowest BCUT2D eigenvalue weighted by atomic mass is 10.1. The lowest BCUT2D eigenvalue weighted by Crippen LogP contribution is -2.27. The topological polar surface area (TPSA) is 12.0 Å². The zero-order valence-electron chi connectivity index (χ0n) is 10.1. The van der Waals surface area contributed by atoms with Crippen molar-refractivity contribution in [2.45, 2.75) is 25.9 Å². The average molecular weight is 328 g/mol. The van der Waals surface area contributed by atoms with Crippen molar-refractivity contribution in [2.75, 3.05) is 0 Å². The van der Waals surface area contributed by atoms with Gasteiger partial charge in [-0.2, -0.15) is 0 Å². The van der Waals surface area contributed by atoms with E-state index in [-0.39, 0.29) is 11.9 Å². The van der Waals surface area contributed by atoms with Crippen molar-refractivity contribution in [2.24, 2.45) is 0 Å². The molecular formula is C14H15BrFNS. The fraction of sp³-hybridized carbons (Fsp3) is 0.286. The molecule has 1 aromatic heterocycles. The summed E-state index contributed by atoms with van der Waals surface area (Å²) < 4.78 is 14.6. The van der Waals surface area contributed by atoms with Crippen LogP contribution in [0.1, 0.15) is 17.4 Å². The summed E-state index contributed by atoms with van der Waals surface area (Å²) >= 11 is 5.22. The summed E-state index contributed by atoms with van der Waals surface area (Å²) in [7, 11) is 0. The predicted octanol–water partition coefficient (Wildman–Crippen LogP) is 4.37. The molecule has 0 aliphatic carbocycles. The van der Waals surface area contributed by atoms with E-state index in [0.717, 1.165) is 16.6 Å². The smallest absolute Gasteiger partial charge is 0.126 e. The number of halogens is 2. The van der Waals surface area contributed by atoms with E-state index in [1.54, 1.807) is 17.4 Å². The molecule has 4 heteroatoms. The van der Waals surface area contributed by atoms with Crippen molar-refractivity contribution in [3.05, 3.63) is 56.4 Å². The highest BCUT2D eigenvalue weighted by molar-refractivity contribution is 9.10. The number of rotatable bonds is 5. The maximum absolute atomic E-state index is 13.5. The molecule has 1 N–H and O–H groups in total. The van der Waals surface area contributed by atoms with Crippen molar-refractivity contribution in [1.82, 2.24) is 5.32 Å². The van der Waals surface area contributed by atoms with Gasteiger partial charge in [-0.1, -0.05) is 18.2 Å². The van der Waals surface area contributed by atoms with Crippen molar-refractivity contribution in [3.63, 3.8) is 0 Å². The first kappa shape index (κ1) is 13.7. The van der Waals surface area contributed by atoms with Crippen LogP contribution in [-0.2, 0) is 13.0 Å². The largest absolute Gasteiger partial charge is 0.309 e. The second-order valence-electron chi connectivity index (χ2n) is 4.27. The Labute approximate surface area is 119 Å². The fourth-order valence-corrected chi connectivity index (χ4v) is 3.23. The molecule has 0 spiro atoms. The summed E-state index contributed by atoms with van der Waals surface area (Å²) in [5.41, 5.74) is 0.766. The van der Waals surface area contributed by atoms with Gasteiger partial charge >= 0.3 is 0 Å². The minimum Gasteiger partial charge on any atom is -0.309 e. The number of benzene rings is 1. The molecule has 96 valence electrons. The highest BCUT2D eigenvalue weighted by atomic mass is 79.9. The molecule has 2 aromatic rings. The highest BCUT2D eigenvalue weighted by Gasteiger charge is 2.08. The molecule has 1 atom stereocenters. The van der Waals surface area contributed by atoms with Gasteiger partial charge in [0, 0.05) is 21.9 Å². The van der Waals surface area contributed by atoms with Gasteiger partial charge in [0.05, 0.1) is 0 Å². The van der Waals surface area contributed by atoms with Crippen molar-refractivity contribution in [3.8, 4) is 0 Å². The normalized spacial score (nSPS) is 12.6. The lowest BCUT2D eigenvalue weighted by molar-refractivity contribution is 0.528. The number of hydrogen-bond donors (Lipinski definition) is 1. The third-order valence-corrected chi connectivity index (χ3v) is 4.71. The monoisotopic (exact) mass is 327 g/mol. The van der Waals surface area contributed by atoms with E-state index < -0.39 is 0 Å². The Morgan fingerprint density at radius 1 is 1.33 bits per heavy atom. The molecule has 0 fully saturated rings. The number of nitrogens with one attached hydrogen (secondary N) is 1. The Balaban J connectivity index is 1.88.